The lowest BCUT2D eigenvalue weighted by Gasteiger charge is -2.11. The van der Waals surface area contributed by atoms with Crippen LogP contribution in [0.4, 0.5) is 5.69 Å². The number of benzene rings is 1. The van der Waals surface area contributed by atoms with Crippen LogP contribution >= 0.6 is 0 Å². The molecule has 76 valence electrons. The van der Waals surface area contributed by atoms with Crippen LogP contribution in [0.25, 0.3) is 10.9 Å². The Balaban J connectivity index is 2.36. The smallest absolute Gasteiger partial charge is 0.193 e. The van der Waals surface area contributed by atoms with Crippen molar-refractivity contribution in [2.24, 2.45) is 0 Å². The molecule has 0 amide bonds. The highest BCUT2D eigenvalue weighted by molar-refractivity contribution is 6.04. The average molecular weight is 201 g/mol. The fourth-order valence-corrected chi connectivity index (χ4v) is 2.08. The number of H-pyrrole nitrogens is 1. The van der Waals surface area contributed by atoms with Crippen molar-refractivity contribution in [1.29, 1.82) is 0 Å². The molecule has 0 atom stereocenters. The van der Waals surface area contributed by atoms with Gasteiger partial charge in [-0.25, -0.2) is 0 Å². The van der Waals surface area contributed by atoms with E-state index in [0.717, 1.165) is 34.4 Å². The van der Waals surface area contributed by atoms with Crippen molar-refractivity contribution < 1.29 is 4.79 Å². The minimum atomic E-state index is 0.117. The number of nitrogen functional groups attached to an aromatic ring is 1. The molecular weight excluding hydrogens is 190 g/mol. The molecule has 0 saturated carbocycles. The molecule has 0 bridgehead atoms. The van der Waals surface area contributed by atoms with Gasteiger partial charge in [-0.3, -0.25) is 4.79 Å². The number of carbonyl (C=O) groups excluding carboxylic acids is 1. The number of ketones is 1. The maximum absolute atomic E-state index is 11.6. The van der Waals surface area contributed by atoms with Gasteiger partial charge in [0.1, 0.15) is 0 Å². The maximum atomic E-state index is 11.6. The van der Waals surface area contributed by atoms with Crippen LogP contribution in [0.5, 0.6) is 0 Å². The summed E-state index contributed by atoms with van der Waals surface area (Å²) >= 11 is 0. The second kappa shape index (κ2) is 2.84. The van der Waals surface area contributed by atoms with Gasteiger partial charge in [0.15, 0.2) is 5.78 Å². The topological polar surface area (TPSA) is 70.9 Å². The molecular formula is C11H11N3O. The van der Waals surface area contributed by atoms with Gasteiger partial charge in [0.05, 0.1) is 12.2 Å². The first-order valence-electron chi connectivity index (χ1n) is 4.90. The number of fused-ring (bicyclic) bond motifs is 3. The number of nitrogens with one attached hydrogen (secondary N) is 2. The molecule has 2 heterocycles. The van der Waals surface area contributed by atoms with E-state index in [0.29, 0.717) is 6.54 Å². The van der Waals surface area contributed by atoms with Gasteiger partial charge in [0, 0.05) is 28.7 Å². The molecule has 0 radical (unpaired) electrons. The highest BCUT2D eigenvalue weighted by atomic mass is 16.1. The largest absolute Gasteiger partial charge is 0.399 e. The van der Waals surface area contributed by atoms with Crippen molar-refractivity contribution in [3.05, 3.63) is 29.5 Å². The van der Waals surface area contributed by atoms with E-state index >= 15 is 0 Å². The third-order valence-electron chi connectivity index (χ3n) is 2.80. The van der Waals surface area contributed by atoms with Gasteiger partial charge in [0.2, 0.25) is 0 Å². The van der Waals surface area contributed by atoms with Gasteiger partial charge in [-0.05, 0) is 18.2 Å². The third-order valence-corrected chi connectivity index (χ3v) is 2.80. The number of hydrogen-bond donors (Lipinski definition) is 3. The molecule has 4 N–H and O–H groups in total. The SMILES string of the molecule is Nc1ccc2[nH]c3c(c2c1)CNCC3=O. The fourth-order valence-electron chi connectivity index (χ4n) is 2.08. The van der Waals surface area contributed by atoms with E-state index in [-0.39, 0.29) is 5.78 Å². The zero-order valence-corrected chi connectivity index (χ0v) is 8.13. The van der Waals surface area contributed by atoms with Crippen LogP contribution in [0.15, 0.2) is 18.2 Å². The minimum Gasteiger partial charge on any atom is -0.399 e. The van der Waals surface area contributed by atoms with Crippen molar-refractivity contribution in [3.63, 3.8) is 0 Å². The zero-order chi connectivity index (χ0) is 10.4. The number of carbonyl (C=O) groups is 1. The molecule has 1 aliphatic rings. The van der Waals surface area contributed by atoms with E-state index in [2.05, 4.69) is 10.3 Å². The number of aromatic nitrogens is 1. The van der Waals surface area contributed by atoms with Crippen molar-refractivity contribution in [1.82, 2.24) is 10.3 Å². The second-order valence-electron chi connectivity index (χ2n) is 3.81. The maximum Gasteiger partial charge on any atom is 0.193 e. The quantitative estimate of drug-likeness (QED) is 0.557. The number of anilines is 1. The molecule has 1 aromatic heterocycles. The van der Waals surface area contributed by atoms with Crippen LogP contribution in [0, 0.1) is 0 Å². The van der Waals surface area contributed by atoms with Gasteiger partial charge < -0.3 is 16.0 Å². The van der Waals surface area contributed by atoms with Gasteiger partial charge in [-0.15, -0.1) is 0 Å². The first-order chi connectivity index (χ1) is 7.25. The normalized spacial score (nSPS) is 15.6. The number of Topliss-reactive ketones (excluding diaryl/α,β-unsaturated/α-hetero) is 1. The summed E-state index contributed by atoms with van der Waals surface area (Å²) in [6.45, 7) is 1.14. The van der Waals surface area contributed by atoms with Crippen LogP contribution in [0.3, 0.4) is 0 Å². The standard InChI is InChI=1S/C11H11N3O/c12-6-1-2-9-7(3-6)8-4-13-5-10(15)11(8)14-9/h1-3,13-14H,4-5,12H2. The Bertz CT molecular complexity index is 556. The van der Waals surface area contributed by atoms with Crippen LogP contribution in [0.2, 0.25) is 0 Å². The first-order valence-corrected chi connectivity index (χ1v) is 4.90. The van der Waals surface area contributed by atoms with Gasteiger partial charge >= 0.3 is 0 Å². The van der Waals surface area contributed by atoms with Crippen LogP contribution in [-0.2, 0) is 6.54 Å². The lowest BCUT2D eigenvalue weighted by Crippen LogP contribution is -2.29. The third kappa shape index (κ3) is 1.15. The number of hydrogen-bond acceptors (Lipinski definition) is 3. The predicted molar refractivity (Wildman–Crippen MR) is 58.7 cm³/mol. The summed E-state index contributed by atoms with van der Waals surface area (Å²) < 4.78 is 0. The van der Waals surface area contributed by atoms with Crippen molar-refractivity contribution in [2.45, 2.75) is 6.54 Å². The van der Waals surface area contributed by atoms with Gasteiger partial charge in [-0.2, -0.15) is 0 Å². The summed E-state index contributed by atoms with van der Waals surface area (Å²) in [7, 11) is 0. The van der Waals surface area contributed by atoms with E-state index in [4.69, 9.17) is 5.73 Å². The summed E-state index contributed by atoms with van der Waals surface area (Å²) in [6, 6.07) is 5.66. The summed E-state index contributed by atoms with van der Waals surface area (Å²) in [6.07, 6.45) is 0. The van der Waals surface area contributed by atoms with E-state index in [1.807, 2.05) is 18.2 Å². The van der Waals surface area contributed by atoms with E-state index in [1.54, 1.807) is 0 Å². The second-order valence-corrected chi connectivity index (χ2v) is 3.81. The molecule has 4 heteroatoms. The Hall–Kier alpha value is -1.81. The molecule has 4 nitrogen and oxygen atoms in total. The van der Waals surface area contributed by atoms with E-state index in [9.17, 15) is 4.79 Å². The molecule has 0 spiro atoms. The Morgan fingerprint density at radius 1 is 1.27 bits per heavy atom. The summed E-state index contributed by atoms with van der Waals surface area (Å²) in [5.41, 5.74) is 9.20. The molecule has 0 aliphatic carbocycles. The number of aromatic amines is 1. The molecule has 0 unspecified atom stereocenters. The molecule has 1 aliphatic heterocycles. The molecule has 1 aromatic carbocycles. The lowest BCUT2D eigenvalue weighted by molar-refractivity contribution is 0.0978. The van der Waals surface area contributed by atoms with Crippen molar-refractivity contribution >= 4 is 22.4 Å². The van der Waals surface area contributed by atoms with E-state index in [1.165, 1.54) is 0 Å². The highest BCUT2D eigenvalue weighted by Gasteiger charge is 2.21. The van der Waals surface area contributed by atoms with Crippen LogP contribution in [0.1, 0.15) is 16.1 Å². The zero-order valence-electron chi connectivity index (χ0n) is 8.13. The Morgan fingerprint density at radius 2 is 2.13 bits per heavy atom. The van der Waals surface area contributed by atoms with Gasteiger partial charge in [-0.1, -0.05) is 0 Å². The van der Waals surface area contributed by atoms with E-state index < -0.39 is 0 Å². The van der Waals surface area contributed by atoms with Crippen molar-refractivity contribution in [2.75, 3.05) is 12.3 Å². The summed E-state index contributed by atoms with van der Waals surface area (Å²) in [4.78, 5) is 14.8. The number of nitrogens with two attached hydrogens (primary N) is 1. The predicted octanol–water partition coefficient (Wildman–Crippen LogP) is 1.04. The van der Waals surface area contributed by atoms with Gasteiger partial charge in [0.25, 0.3) is 0 Å². The molecule has 3 rings (SSSR count). The Labute approximate surface area is 86.5 Å². The first kappa shape index (κ1) is 8.49. The molecule has 0 saturated heterocycles. The highest BCUT2D eigenvalue weighted by Crippen LogP contribution is 2.26. The molecule has 15 heavy (non-hydrogen) atoms. The Kier molecular flexibility index (Phi) is 1.61. The lowest BCUT2D eigenvalue weighted by atomic mass is 10.1. The van der Waals surface area contributed by atoms with Crippen molar-refractivity contribution in [3.8, 4) is 0 Å². The fraction of sp³-hybridized carbons (Fsp3) is 0.182. The molecule has 0 fully saturated rings. The van der Waals surface area contributed by atoms with Crippen LogP contribution in [-0.4, -0.2) is 17.3 Å². The summed E-state index contributed by atoms with van der Waals surface area (Å²) in [5, 5.41) is 4.12. The average Bonchev–Trinajstić information content (AvgIpc) is 2.58. The van der Waals surface area contributed by atoms with Crippen LogP contribution < -0.4 is 11.1 Å². The minimum absolute atomic E-state index is 0.117. The monoisotopic (exact) mass is 201 g/mol. The number of rotatable bonds is 0. The summed E-state index contributed by atoms with van der Waals surface area (Å²) in [5.74, 6) is 0.117. The Morgan fingerprint density at radius 3 is 3.00 bits per heavy atom. The molecule has 2 aromatic rings.